The zero-order valence-electron chi connectivity index (χ0n) is 14.8. The van der Waals surface area contributed by atoms with Gasteiger partial charge in [-0.3, -0.25) is 19.8 Å². The number of amidine groups is 1. The predicted molar refractivity (Wildman–Crippen MR) is 112 cm³/mol. The highest BCUT2D eigenvalue weighted by Gasteiger charge is 2.34. The maximum Gasteiger partial charge on any atom is 0.269 e. The molecule has 0 aliphatic carbocycles. The third-order valence-electron chi connectivity index (χ3n) is 3.98. The monoisotopic (exact) mass is 414 g/mol. The van der Waals surface area contributed by atoms with Crippen molar-refractivity contribution in [1.82, 2.24) is 9.88 Å². The summed E-state index contributed by atoms with van der Waals surface area (Å²) >= 11 is 7.30. The molecule has 0 radical (unpaired) electrons. The molecule has 0 bridgehead atoms. The number of hydrogen-bond acceptors (Lipinski definition) is 6. The number of halogens is 1. The summed E-state index contributed by atoms with van der Waals surface area (Å²) in [6, 6.07) is 9.50. The molecule has 0 spiro atoms. The number of rotatable bonds is 5. The molecular formula is C19H15ClN4O3S. The minimum atomic E-state index is -0.462. The van der Waals surface area contributed by atoms with Crippen LogP contribution < -0.4 is 0 Å². The van der Waals surface area contributed by atoms with Crippen molar-refractivity contribution in [3.63, 3.8) is 0 Å². The lowest BCUT2D eigenvalue weighted by molar-refractivity contribution is -0.384. The molecule has 1 aliphatic heterocycles. The number of thioether (sulfide) groups is 1. The number of pyridine rings is 1. The standard InChI is InChI=1S/C19H15ClN4O3S/c1-3-11-23-18(25)16(12(2)13-6-8-14(9-7-13)24(26)27)28-19(23)22-15-5-4-10-21-17(15)20/h3-10H,1,11H2,2H3/b16-12-,22-19?. The van der Waals surface area contributed by atoms with Crippen molar-refractivity contribution in [2.45, 2.75) is 6.92 Å². The highest BCUT2D eigenvalue weighted by Crippen LogP contribution is 2.38. The van der Waals surface area contributed by atoms with E-state index in [9.17, 15) is 14.9 Å². The average molecular weight is 415 g/mol. The Bertz CT molecular complexity index is 1020. The molecule has 7 nitrogen and oxygen atoms in total. The van der Waals surface area contributed by atoms with Gasteiger partial charge in [0, 0.05) is 24.9 Å². The van der Waals surface area contributed by atoms with Crippen molar-refractivity contribution in [3.05, 3.63) is 81.0 Å². The Morgan fingerprint density at radius 2 is 2.11 bits per heavy atom. The first-order chi connectivity index (χ1) is 13.4. The lowest BCUT2D eigenvalue weighted by Crippen LogP contribution is -2.29. The fraction of sp³-hybridized carbons (Fsp3) is 0.105. The van der Waals surface area contributed by atoms with E-state index < -0.39 is 4.92 Å². The van der Waals surface area contributed by atoms with E-state index in [0.717, 1.165) is 5.56 Å². The van der Waals surface area contributed by atoms with Crippen LogP contribution in [0.3, 0.4) is 0 Å². The molecule has 3 rings (SSSR count). The van der Waals surface area contributed by atoms with Gasteiger partial charge in [0.05, 0.1) is 9.83 Å². The van der Waals surface area contributed by atoms with Crippen LogP contribution in [0.15, 0.2) is 65.1 Å². The summed E-state index contributed by atoms with van der Waals surface area (Å²) in [4.78, 5) is 33.8. The summed E-state index contributed by atoms with van der Waals surface area (Å²) in [5.74, 6) is -0.209. The number of aliphatic imine (C=N–C) groups is 1. The number of aromatic nitrogens is 1. The molecule has 0 saturated carbocycles. The highest BCUT2D eigenvalue weighted by molar-refractivity contribution is 8.18. The van der Waals surface area contributed by atoms with E-state index in [-0.39, 0.29) is 16.7 Å². The minimum Gasteiger partial charge on any atom is -0.283 e. The van der Waals surface area contributed by atoms with Gasteiger partial charge in [0.2, 0.25) is 0 Å². The van der Waals surface area contributed by atoms with Crippen molar-refractivity contribution in [2.75, 3.05) is 6.54 Å². The Morgan fingerprint density at radius 1 is 1.39 bits per heavy atom. The van der Waals surface area contributed by atoms with Crippen molar-refractivity contribution < 1.29 is 9.72 Å². The summed E-state index contributed by atoms with van der Waals surface area (Å²) in [6.45, 7) is 5.79. The summed E-state index contributed by atoms with van der Waals surface area (Å²) in [7, 11) is 0. The van der Waals surface area contributed by atoms with E-state index in [4.69, 9.17) is 11.6 Å². The number of allylic oxidation sites excluding steroid dienone is 1. The highest BCUT2D eigenvalue weighted by atomic mass is 35.5. The zero-order chi connectivity index (χ0) is 20.3. The van der Waals surface area contributed by atoms with E-state index in [2.05, 4.69) is 16.6 Å². The van der Waals surface area contributed by atoms with Crippen LogP contribution in [0.4, 0.5) is 11.4 Å². The first kappa shape index (κ1) is 19.8. The molecule has 1 amide bonds. The lowest BCUT2D eigenvalue weighted by Gasteiger charge is -2.12. The SMILES string of the molecule is C=CCN1C(=O)/C(=C(\C)c2ccc([N+](=O)[O-])cc2)SC1=Nc1cccnc1Cl. The molecule has 1 aliphatic rings. The lowest BCUT2D eigenvalue weighted by atomic mass is 10.1. The summed E-state index contributed by atoms with van der Waals surface area (Å²) < 4.78 is 0. The van der Waals surface area contributed by atoms with Gasteiger partial charge >= 0.3 is 0 Å². The van der Waals surface area contributed by atoms with E-state index in [1.54, 1.807) is 43.5 Å². The number of nitro groups is 1. The minimum absolute atomic E-state index is 0.00583. The second-order valence-corrected chi connectivity index (χ2v) is 7.11. The van der Waals surface area contributed by atoms with Gasteiger partial charge in [-0.25, -0.2) is 9.98 Å². The number of non-ortho nitro benzene ring substituents is 1. The average Bonchev–Trinajstić information content (AvgIpc) is 2.99. The topological polar surface area (TPSA) is 88.7 Å². The molecule has 0 unspecified atom stereocenters. The normalized spacial score (nSPS) is 17.1. The molecule has 2 heterocycles. The van der Waals surface area contributed by atoms with E-state index >= 15 is 0 Å². The third kappa shape index (κ3) is 3.97. The number of nitrogens with zero attached hydrogens (tertiary/aromatic N) is 4. The molecule has 1 aromatic heterocycles. The molecular weight excluding hydrogens is 400 g/mol. The number of nitro benzene ring substituents is 1. The van der Waals surface area contributed by atoms with Crippen LogP contribution in [0, 0.1) is 10.1 Å². The Hall–Kier alpha value is -2.97. The van der Waals surface area contributed by atoms with Crippen molar-refractivity contribution in [2.24, 2.45) is 4.99 Å². The van der Waals surface area contributed by atoms with Gasteiger partial charge in [0.1, 0.15) is 5.69 Å². The van der Waals surface area contributed by atoms with E-state index in [1.165, 1.54) is 28.8 Å². The summed E-state index contributed by atoms with van der Waals surface area (Å²) in [6.07, 6.45) is 3.17. The second-order valence-electron chi connectivity index (χ2n) is 5.77. The number of benzene rings is 1. The van der Waals surface area contributed by atoms with Crippen LogP contribution >= 0.6 is 23.4 Å². The Morgan fingerprint density at radius 3 is 2.71 bits per heavy atom. The van der Waals surface area contributed by atoms with Gasteiger partial charge in [-0.2, -0.15) is 0 Å². The van der Waals surface area contributed by atoms with Gasteiger partial charge in [0.25, 0.3) is 11.6 Å². The van der Waals surface area contributed by atoms with Crippen LogP contribution in [-0.2, 0) is 4.79 Å². The number of carbonyl (C=O) groups is 1. The smallest absolute Gasteiger partial charge is 0.269 e. The van der Waals surface area contributed by atoms with Gasteiger partial charge in [0.15, 0.2) is 10.3 Å². The van der Waals surface area contributed by atoms with E-state index in [1.807, 2.05) is 0 Å². The Labute approximate surface area is 170 Å². The molecule has 0 atom stereocenters. The molecule has 2 aromatic rings. The molecule has 28 heavy (non-hydrogen) atoms. The maximum absolute atomic E-state index is 12.9. The number of carbonyl (C=O) groups excluding carboxylic acids is 1. The molecule has 9 heteroatoms. The Balaban J connectivity index is 2.01. The van der Waals surface area contributed by atoms with Crippen LogP contribution in [0.25, 0.3) is 5.57 Å². The zero-order valence-corrected chi connectivity index (χ0v) is 16.4. The van der Waals surface area contributed by atoms with Gasteiger partial charge in [-0.05, 0) is 54.1 Å². The largest absolute Gasteiger partial charge is 0.283 e. The molecule has 142 valence electrons. The third-order valence-corrected chi connectivity index (χ3v) is 5.45. The van der Waals surface area contributed by atoms with Crippen LogP contribution in [0.2, 0.25) is 5.15 Å². The molecule has 1 aromatic carbocycles. The Kier molecular flexibility index (Phi) is 5.91. The quantitative estimate of drug-likeness (QED) is 0.230. The van der Waals surface area contributed by atoms with Crippen LogP contribution in [-0.4, -0.2) is 32.4 Å². The van der Waals surface area contributed by atoms with Crippen molar-refractivity contribution in [3.8, 4) is 0 Å². The summed E-state index contributed by atoms with van der Waals surface area (Å²) in [5, 5.41) is 11.5. The predicted octanol–water partition coefficient (Wildman–Crippen LogP) is 4.82. The van der Waals surface area contributed by atoms with Crippen molar-refractivity contribution >= 4 is 51.4 Å². The molecule has 1 fully saturated rings. The number of amides is 1. The van der Waals surface area contributed by atoms with Crippen LogP contribution in [0.1, 0.15) is 12.5 Å². The number of hydrogen-bond donors (Lipinski definition) is 0. The molecule has 1 saturated heterocycles. The van der Waals surface area contributed by atoms with Gasteiger partial charge in [-0.1, -0.05) is 17.7 Å². The van der Waals surface area contributed by atoms with Crippen LogP contribution in [0.5, 0.6) is 0 Å². The summed E-state index contributed by atoms with van der Waals surface area (Å²) in [5.41, 5.74) is 1.89. The van der Waals surface area contributed by atoms with Gasteiger partial charge in [-0.15, -0.1) is 6.58 Å². The first-order valence-electron chi connectivity index (χ1n) is 8.18. The fourth-order valence-corrected chi connectivity index (χ4v) is 3.76. The van der Waals surface area contributed by atoms with E-state index in [0.29, 0.717) is 27.9 Å². The van der Waals surface area contributed by atoms with Crippen molar-refractivity contribution in [1.29, 1.82) is 0 Å². The molecule has 0 N–H and O–H groups in total. The first-order valence-corrected chi connectivity index (χ1v) is 9.37. The fourth-order valence-electron chi connectivity index (χ4n) is 2.54. The van der Waals surface area contributed by atoms with Gasteiger partial charge < -0.3 is 0 Å². The second kappa shape index (κ2) is 8.37. The maximum atomic E-state index is 12.9.